The molecule has 0 unspecified atom stereocenters. The Morgan fingerprint density at radius 2 is 1.95 bits per heavy atom. The molecule has 3 N–H and O–H groups in total. The number of nitrogen functional groups attached to an aromatic ring is 1. The van der Waals surface area contributed by atoms with E-state index in [0.29, 0.717) is 15.8 Å². The molecular weight excluding hydrogens is 391 g/mol. The van der Waals surface area contributed by atoms with E-state index < -0.39 is 11.7 Å². The topological polar surface area (TPSA) is 55.1 Å². The second-order valence-corrected chi connectivity index (χ2v) is 6.04. The van der Waals surface area contributed by atoms with E-state index in [1.807, 2.05) is 13.0 Å². The summed E-state index contributed by atoms with van der Waals surface area (Å²) in [5.74, 6) is -0.896. The molecule has 0 bridgehead atoms. The number of amides is 1. The SMILES string of the molecule is Cc1cc(Br)cc(N)c1NC(=O)c1cc(F)ccc1Br. The Kier molecular flexibility index (Phi) is 4.45. The van der Waals surface area contributed by atoms with Crippen molar-refractivity contribution in [3.8, 4) is 0 Å². The number of halogens is 3. The zero-order valence-corrected chi connectivity index (χ0v) is 13.7. The molecule has 0 radical (unpaired) electrons. The molecule has 0 saturated carbocycles. The van der Waals surface area contributed by atoms with Gasteiger partial charge < -0.3 is 11.1 Å². The van der Waals surface area contributed by atoms with Crippen LogP contribution in [-0.2, 0) is 0 Å². The van der Waals surface area contributed by atoms with E-state index in [2.05, 4.69) is 37.2 Å². The van der Waals surface area contributed by atoms with Gasteiger partial charge in [0.05, 0.1) is 16.9 Å². The fraction of sp³-hybridized carbons (Fsp3) is 0.0714. The first kappa shape index (κ1) is 15.0. The number of rotatable bonds is 2. The number of carbonyl (C=O) groups excluding carboxylic acids is 1. The van der Waals surface area contributed by atoms with E-state index in [4.69, 9.17) is 5.73 Å². The summed E-state index contributed by atoms with van der Waals surface area (Å²) in [7, 11) is 0. The second kappa shape index (κ2) is 5.93. The lowest BCUT2D eigenvalue weighted by Gasteiger charge is -2.12. The van der Waals surface area contributed by atoms with Gasteiger partial charge >= 0.3 is 0 Å². The molecule has 6 heteroatoms. The van der Waals surface area contributed by atoms with Crippen LogP contribution in [0.1, 0.15) is 15.9 Å². The van der Waals surface area contributed by atoms with Crippen molar-refractivity contribution in [3.05, 3.63) is 56.2 Å². The Hall–Kier alpha value is -1.40. The number of benzene rings is 2. The average molecular weight is 402 g/mol. The summed E-state index contributed by atoms with van der Waals surface area (Å²) >= 11 is 6.56. The first-order valence-electron chi connectivity index (χ1n) is 5.70. The van der Waals surface area contributed by atoms with Gasteiger partial charge in [0.25, 0.3) is 5.91 Å². The third-order valence-corrected chi connectivity index (χ3v) is 3.89. The van der Waals surface area contributed by atoms with Crippen LogP contribution in [0.3, 0.4) is 0 Å². The van der Waals surface area contributed by atoms with E-state index in [1.54, 1.807) is 6.07 Å². The van der Waals surface area contributed by atoms with Crippen LogP contribution >= 0.6 is 31.9 Å². The lowest BCUT2D eigenvalue weighted by atomic mass is 10.1. The number of nitrogens with one attached hydrogen (secondary N) is 1. The van der Waals surface area contributed by atoms with Gasteiger partial charge in [0.1, 0.15) is 5.82 Å². The molecule has 2 aromatic carbocycles. The van der Waals surface area contributed by atoms with Crippen LogP contribution in [0.5, 0.6) is 0 Å². The molecule has 0 heterocycles. The number of carbonyl (C=O) groups is 1. The van der Waals surface area contributed by atoms with Crippen molar-refractivity contribution in [1.82, 2.24) is 0 Å². The average Bonchev–Trinajstić information content (AvgIpc) is 2.36. The summed E-state index contributed by atoms with van der Waals surface area (Å²) < 4.78 is 14.6. The van der Waals surface area contributed by atoms with Crippen molar-refractivity contribution in [2.75, 3.05) is 11.1 Å². The maximum atomic E-state index is 13.2. The van der Waals surface area contributed by atoms with E-state index >= 15 is 0 Å². The van der Waals surface area contributed by atoms with Gasteiger partial charge in [0, 0.05) is 8.95 Å². The van der Waals surface area contributed by atoms with Gasteiger partial charge in [-0.05, 0) is 58.7 Å². The zero-order chi connectivity index (χ0) is 14.9. The van der Waals surface area contributed by atoms with Crippen LogP contribution in [-0.4, -0.2) is 5.91 Å². The Balaban J connectivity index is 2.35. The summed E-state index contributed by atoms with van der Waals surface area (Å²) in [5, 5.41) is 2.71. The zero-order valence-electron chi connectivity index (χ0n) is 10.5. The van der Waals surface area contributed by atoms with Crippen molar-refractivity contribution < 1.29 is 9.18 Å². The van der Waals surface area contributed by atoms with Crippen LogP contribution in [0.15, 0.2) is 39.3 Å². The molecule has 0 spiro atoms. The largest absolute Gasteiger partial charge is 0.397 e. The van der Waals surface area contributed by atoms with Crippen molar-refractivity contribution in [1.29, 1.82) is 0 Å². The van der Waals surface area contributed by atoms with Crippen LogP contribution in [0.2, 0.25) is 0 Å². The molecule has 0 aliphatic rings. The van der Waals surface area contributed by atoms with Crippen LogP contribution in [0, 0.1) is 12.7 Å². The van der Waals surface area contributed by atoms with Crippen molar-refractivity contribution in [3.63, 3.8) is 0 Å². The minimum atomic E-state index is -0.473. The third kappa shape index (κ3) is 3.19. The standard InChI is InChI=1S/C14H11Br2FN2O/c1-7-4-8(15)5-12(18)13(7)19-14(20)10-6-9(17)2-3-11(10)16/h2-6H,18H2,1H3,(H,19,20). The maximum Gasteiger partial charge on any atom is 0.256 e. The fourth-order valence-electron chi connectivity index (χ4n) is 1.79. The van der Waals surface area contributed by atoms with Crippen LogP contribution < -0.4 is 11.1 Å². The Morgan fingerprint density at radius 3 is 2.60 bits per heavy atom. The number of hydrogen-bond acceptors (Lipinski definition) is 2. The monoisotopic (exact) mass is 400 g/mol. The fourth-order valence-corrected chi connectivity index (χ4v) is 2.81. The highest BCUT2D eigenvalue weighted by atomic mass is 79.9. The first-order valence-corrected chi connectivity index (χ1v) is 7.29. The lowest BCUT2D eigenvalue weighted by Crippen LogP contribution is -2.15. The molecule has 0 aliphatic carbocycles. The van der Waals surface area contributed by atoms with Gasteiger partial charge in [-0.2, -0.15) is 0 Å². The molecule has 0 fully saturated rings. The molecule has 0 atom stereocenters. The van der Waals surface area contributed by atoms with E-state index in [-0.39, 0.29) is 5.56 Å². The van der Waals surface area contributed by atoms with E-state index in [1.165, 1.54) is 18.2 Å². The van der Waals surface area contributed by atoms with Crippen LogP contribution in [0.25, 0.3) is 0 Å². The Morgan fingerprint density at radius 1 is 1.25 bits per heavy atom. The van der Waals surface area contributed by atoms with Gasteiger partial charge in [-0.1, -0.05) is 15.9 Å². The lowest BCUT2D eigenvalue weighted by molar-refractivity contribution is 0.102. The van der Waals surface area contributed by atoms with Gasteiger partial charge in [-0.15, -0.1) is 0 Å². The van der Waals surface area contributed by atoms with Crippen molar-refractivity contribution in [2.45, 2.75) is 6.92 Å². The normalized spacial score (nSPS) is 10.4. The molecule has 0 aromatic heterocycles. The minimum Gasteiger partial charge on any atom is -0.397 e. The molecule has 104 valence electrons. The third-order valence-electron chi connectivity index (χ3n) is 2.74. The first-order chi connectivity index (χ1) is 9.38. The predicted molar refractivity (Wildman–Crippen MR) is 85.3 cm³/mol. The quantitative estimate of drug-likeness (QED) is 0.728. The molecular formula is C14H11Br2FN2O. The van der Waals surface area contributed by atoms with Crippen LogP contribution in [0.4, 0.5) is 15.8 Å². The molecule has 2 aromatic rings. The second-order valence-electron chi connectivity index (χ2n) is 4.27. The molecule has 20 heavy (non-hydrogen) atoms. The number of anilines is 2. The smallest absolute Gasteiger partial charge is 0.256 e. The number of nitrogens with two attached hydrogens (primary N) is 1. The molecule has 3 nitrogen and oxygen atoms in total. The van der Waals surface area contributed by atoms with Crippen molar-refractivity contribution >= 4 is 49.1 Å². The number of aryl methyl sites for hydroxylation is 1. The van der Waals surface area contributed by atoms with Crippen molar-refractivity contribution in [2.24, 2.45) is 0 Å². The molecule has 1 amide bonds. The Labute approximate surface area is 132 Å². The predicted octanol–water partition coefficient (Wildman–Crippen LogP) is 4.49. The molecule has 0 saturated heterocycles. The number of hydrogen-bond donors (Lipinski definition) is 2. The highest BCUT2D eigenvalue weighted by molar-refractivity contribution is 9.10. The Bertz CT molecular complexity index is 666. The molecule has 2 rings (SSSR count). The summed E-state index contributed by atoms with van der Waals surface area (Å²) in [6.45, 7) is 1.83. The summed E-state index contributed by atoms with van der Waals surface area (Å²) in [6, 6.07) is 7.47. The van der Waals surface area contributed by atoms with E-state index in [0.717, 1.165) is 10.0 Å². The summed E-state index contributed by atoms with van der Waals surface area (Å²) in [4.78, 5) is 12.2. The molecule has 0 aliphatic heterocycles. The highest BCUT2D eigenvalue weighted by Crippen LogP contribution is 2.29. The summed E-state index contributed by atoms with van der Waals surface area (Å²) in [5.41, 5.74) is 7.88. The van der Waals surface area contributed by atoms with Gasteiger partial charge in [0.2, 0.25) is 0 Å². The minimum absolute atomic E-state index is 0.215. The summed E-state index contributed by atoms with van der Waals surface area (Å²) in [6.07, 6.45) is 0. The van der Waals surface area contributed by atoms with Gasteiger partial charge in [0.15, 0.2) is 0 Å². The van der Waals surface area contributed by atoms with Gasteiger partial charge in [-0.25, -0.2) is 4.39 Å². The highest BCUT2D eigenvalue weighted by Gasteiger charge is 2.14. The van der Waals surface area contributed by atoms with Gasteiger partial charge in [-0.3, -0.25) is 4.79 Å². The van der Waals surface area contributed by atoms with E-state index in [9.17, 15) is 9.18 Å². The maximum absolute atomic E-state index is 13.2.